The molecule has 0 bridgehead atoms. The summed E-state index contributed by atoms with van der Waals surface area (Å²) in [6, 6.07) is 1.74. The predicted molar refractivity (Wildman–Crippen MR) is 85.1 cm³/mol. The zero-order chi connectivity index (χ0) is 16.4. The molecule has 22 heavy (non-hydrogen) atoms. The number of nitrogens with zero attached hydrogens (tertiary/aromatic N) is 2. The van der Waals surface area contributed by atoms with Crippen molar-refractivity contribution in [1.82, 2.24) is 15.6 Å². The van der Waals surface area contributed by atoms with Crippen LogP contribution >= 0.6 is 0 Å². The molecule has 0 saturated carbocycles. The summed E-state index contributed by atoms with van der Waals surface area (Å²) in [5, 5.41) is 5.98. The number of rotatable bonds is 2. The number of aliphatic imine (C=N–C) groups is 1. The Kier molecular flexibility index (Phi) is 4.07. The molecular weight excluding hydrogens is 282 g/mol. The van der Waals surface area contributed by atoms with Crippen LogP contribution in [0.2, 0.25) is 0 Å². The Labute approximate surface area is 129 Å². The highest BCUT2D eigenvalue weighted by atomic mass is 16.6. The summed E-state index contributed by atoms with van der Waals surface area (Å²) >= 11 is 0. The fourth-order valence-electron chi connectivity index (χ4n) is 2.15. The average molecular weight is 303 g/mol. The van der Waals surface area contributed by atoms with E-state index in [4.69, 9.17) is 10.5 Å². The second-order valence-corrected chi connectivity index (χ2v) is 6.05. The summed E-state index contributed by atoms with van der Waals surface area (Å²) in [6.07, 6.45) is 5.92. The Morgan fingerprint density at radius 1 is 1.45 bits per heavy atom. The number of nitrogen functional groups attached to an aromatic ring is 1. The van der Waals surface area contributed by atoms with Gasteiger partial charge in [0.05, 0.1) is 11.9 Å². The monoisotopic (exact) mass is 303 g/mol. The van der Waals surface area contributed by atoms with Crippen molar-refractivity contribution in [2.75, 3.05) is 5.73 Å². The lowest BCUT2D eigenvalue weighted by Gasteiger charge is -2.36. The van der Waals surface area contributed by atoms with E-state index in [-0.39, 0.29) is 0 Å². The maximum absolute atomic E-state index is 12.2. The van der Waals surface area contributed by atoms with Crippen LogP contribution < -0.4 is 16.4 Å². The van der Waals surface area contributed by atoms with Gasteiger partial charge in [-0.25, -0.2) is 9.79 Å². The number of amidine groups is 1. The predicted octanol–water partition coefficient (Wildman–Crippen LogP) is 1.88. The van der Waals surface area contributed by atoms with E-state index in [9.17, 15) is 4.79 Å². The molecule has 1 unspecified atom stereocenters. The number of carbonyl (C=O) groups excluding carboxylic acids is 1. The topological polar surface area (TPSA) is 102 Å². The van der Waals surface area contributed by atoms with Crippen molar-refractivity contribution in [1.29, 1.82) is 0 Å². The van der Waals surface area contributed by atoms with Crippen molar-refractivity contribution in [3.63, 3.8) is 0 Å². The maximum Gasteiger partial charge on any atom is 0.410 e. The minimum Gasteiger partial charge on any atom is -0.444 e. The second kappa shape index (κ2) is 5.67. The molecule has 2 heterocycles. The Balaban J connectivity index is 2.37. The van der Waals surface area contributed by atoms with Crippen molar-refractivity contribution < 1.29 is 9.53 Å². The standard InChI is InChI=1S/C15H21N5O2/c1-10-18-8-6-15(19-10,11-5-7-17-9-12(11)16)20-13(21)22-14(2,3)4/h5-9H,16H2,1-4H3,(H,18,19)(H,20,21). The highest BCUT2D eigenvalue weighted by Gasteiger charge is 2.36. The van der Waals surface area contributed by atoms with Crippen molar-refractivity contribution in [2.45, 2.75) is 39.0 Å². The van der Waals surface area contributed by atoms with Crippen LogP contribution in [0, 0.1) is 0 Å². The van der Waals surface area contributed by atoms with Gasteiger partial charge >= 0.3 is 6.09 Å². The molecule has 1 aliphatic rings. The fourth-order valence-corrected chi connectivity index (χ4v) is 2.15. The van der Waals surface area contributed by atoms with E-state index >= 15 is 0 Å². The molecule has 1 aliphatic heterocycles. The molecule has 1 aromatic heterocycles. The second-order valence-electron chi connectivity index (χ2n) is 6.05. The summed E-state index contributed by atoms with van der Waals surface area (Å²) < 4.78 is 5.34. The van der Waals surface area contributed by atoms with E-state index in [0.29, 0.717) is 17.1 Å². The first-order valence-corrected chi connectivity index (χ1v) is 6.93. The van der Waals surface area contributed by atoms with Gasteiger partial charge in [-0.3, -0.25) is 10.3 Å². The van der Waals surface area contributed by atoms with Gasteiger partial charge in [0.25, 0.3) is 0 Å². The molecule has 0 saturated heterocycles. The van der Waals surface area contributed by atoms with Crippen LogP contribution in [-0.2, 0) is 10.4 Å². The number of hydrogen-bond donors (Lipinski definition) is 3. The van der Waals surface area contributed by atoms with Gasteiger partial charge in [0.1, 0.15) is 11.4 Å². The molecule has 2 rings (SSSR count). The van der Waals surface area contributed by atoms with Gasteiger partial charge in [-0.1, -0.05) is 0 Å². The molecule has 0 aromatic carbocycles. The van der Waals surface area contributed by atoms with E-state index in [1.54, 1.807) is 52.2 Å². The number of nitrogens with one attached hydrogen (secondary N) is 2. The molecule has 7 heteroatoms. The van der Waals surface area contributed by atoms with E-state index in [1.165, 1.54) is 6.20 Å². The number of aromatic nitrogens is 1. The van der Waals surface area contributed by atoms with Gasteiger partial charge < -0.3 is 15.8 Å². The van der Waals surface area contributed by atoms with Crippen LogP contribution in [-0.4, -0.2) is 22.5 Å². The normalized spacial score (nSPS) is 20.8. The molecule has 0 radical (unpaired) electrons. The number of nitrogens with two attached hydrogens (primary N) is 1. The van der Waals surface area contributed by atoms with E-state index in [1.807, 2.05) is 0 Å². The van der Waals surface area contributed by atoms with Crippen molar-refractivity contribution in [3.05, 3.63) is 36.3 Å². The molecule has 0 spiro atoms. The molecule has 0 aliphatic carbocycles. The van der Waals surface area contributed by atoms with E-state index in [2.05, 4.69) is 20.6 Å². The first-order valence-electron chi connectivity index (χ1n) is 6.93. The van der Waals surface area contributed by atoms with Crippen LogP contribution in [0.1, 0.15) is 33.3 Å². The van der Waals surface area contributed by atoms with Crippen LogP contribution in [0.3, 0.4) is 0 Å². The SMILES string of the molecule is CC1=NC=CC(NC(=O)OC(C)(C)C)(c2ccncc2N)N1. The quantitative estimate of drug-likeness (QED) is 0.774. The summed E-state index contributed by atoms with van der Waals surface area (Å²) in [5.74, 6) is 0.648. The van der Waals surface area contributed by atoms with E-state index < -0.39 is 17.4 Å². The lowest BCUT2D eigenvalue weighted by molar-refractivity contribution is 0.0467. The van der Waals surface area contributed by atoms with Crippen LogP contribution in [0.5, 0.6) is 0 Å². The van der Waals surface area contributed by atoms with Gasteiger partial charge in [0.15, 0.2) is 5.66 Å². The van der Waals surface area contributed by atoms with Crippen LogP contribution in [0.4, 0.5) is 10.5 Å². The smallest absolute Gasteiger partial charge is 0.410 e. The van der Waals surface area contributed by atoms with Crippen molar-refractivity contribution >= 4 is 17.6 Å². The number of amides is 1. The number of pyridine rings is 1. The molecule has 7 nitrogen and oxygen atoms in total. The average Bonchev–Trinajstić information content (AvgIpc) is 2.36. The number of ether oxygens (including phenoxy) is 1. The summed E-state index contributed by atoms with van der Waals surface area (Å²) in [4.78, 5) is 20.3. The van der Waals surface area contributed by atoms with Crippen LogP contribution in [0.15, 0.2) is 35.7 Å². The highest BCUT2D eigenvalue weighted by molar-refractivity contribution is 5.84. The first-order chi connectivity index (χ1) is 10.2. The number of hydrogen-bond acceptors (Lipinski definition) is 6. The third kappa shape index (κ3) is 3.55. The Hall–Kier alpha value is -2.57. The Morgan fingerprint density at radius 3 is 2.77 bits per heavy atom. The lowest BCUT2D eigenvalue weighted by Crippen LogP contribution is -2.58. The minimum atomic E-state index is -1.03. The van der Waals surface area contributed by atoms with Crippen LogP contribution in [0.25, 0.3) is 0 Å². The molecule has 118 valence electrons. The zero-order valence-electron chi connectivity index (χ0n) is 13.2. The lowest BCUT2D eigenvalue weighted by atomic mass is 9.97. The van der Waals surface area contributed by atoms with Crippen molar-refractivity contribution in [3.8, 4) is 0 Å². The Bertz CT molecular complexity index is 633. The number of carbonyl (C=O) groups is 1. The molecule has 0 fully saturated rings. The third-order valence-electron chi connectivity index (χ3n) is 2.95. The molecular formula is C15H21N5O2. The summed E-state index contributed by atoms with van der Waals surface area (Å²) in [6.45, 7) is 7.21. The molecule has 1 atom stereocenters. The van der Waals surface area contributed by atoms with Gasteiger partial charge in [-0.05, 0) is 39.8 Å². The molecule has 1 aromatic rings. The third-order valence-corrected chi connectivity index (χ3v) is 2.95. The zero-order valence-corrected chi connectivity index (χ0v) is 13.2. The minimum absolute atomic E-state index is 0.449. The molecule has 4 N–H and O–H groups in total. The van der Waals surface area contributed by atoms with Gasteiger partial charge in [0.2, 0.25) is 0 Å². The summed E-state index contributed by atoms with van der Waals surface area (Å²) in [7, 11) is 0. The van der Waals surface area contributed by atoms with Gasteiger partial charge in [-0.2, -0.15) is 0 Å². The largest absolute Gasteiger partial charge is 0.444 e. The summed E-state index contributed by atoms with van der Waals surface area (Å²) in [5.41, 5.74) is 5.50. The van der Waals surface area contributed by atoms with Gasteiger partial charge in [-0.15, -0.1) is 0 Å². The number of alkyl carbamates (subject to hydrolysis) is 1. The van der Waals surface area contributed by atoms with Crippen molar-refractivity contribution in [2.24, 2.45) is 4.99 Å². The Morgan fingerprint density at radius 2 is 2.18 bits per heavy atom. The van der Waals surface area contributed by atoms with Gasteiger partial charge in [0, 0.05) is 18.0 Å². The molecule has 1 amide bonds. The number of anilines is 1. The van der Waals surface area contributed by atoms with E-state index in [0.717, 1.165) is 0 Å². The highest BCUT2D eigenvalue weighted by Crippen LogP contribution is 2.27. The first kappa shape index (κ1) is 15.8. The maximum atomic E-state index is 12.2. The fraction of sp³-hybridized carbons (Fsp3) is 0.400.